The molecule has 4 aliphatic heterocycles. The Morgan fingerprint density at radius 1 is 0.609 bits per heavy atom. The number of aliphatic imine (C=N–C) groups is 3. The Morgan fingerprint density at radius 3 is 1.48 bits per heavy atom. The second-order valence-corrected chi connectivity index (χ2v) is 9.24. The minimum absolute atomic E-state index is 0. The van der Waals surface area contributed by atoms with Crippen LogP contribution in [0.15, 0.2) is 97.7 Å². The van der Waals surface area contributed by atoms with E-state index in [-0.39, 0.29) is 124 Å². The van der Waals surface area contributed by atoms with Crippen molar-refractivity contribution in [3.05, 3.63) is 94.2 Å². The fourth-order valence-corrected chi connectivity index (χ4v) is 4.74. The van der Waals surface area contributed by atoms with Crippen LogP contribution in [-0.4, -0.2) is 61.5 Å². The van der Waals surface area contributed by atoms with Gasteiger partial charge in [0.05, 0.1) is 65.6 Å². The fourth-order valence-electron chi connectivity index (χ4n) is 4.74. The average molecular weight is 687 g/mol. The molecule has 5 heterocycles. The standard InChI is InChI=1S/C32H30N4O8.ClH.Mn/c1-5-41-29(37)25-17-9-11-19(33-17)26(30(38)42-6-2)21-13-15-23(35-21)28(32(40)44-8-4)24-16-14-22(36-24)27(31(39)43-7-3)20-12-10-18(25)34-20;;/h9-16H,5-8H2,1-4H3,(H2,33,34,35,36,37,38,39,40);1H;/q;;+3/p-3. The van der Waals surface area contributed by atoms with Gasteiger partial charge >= 0.3 is 35.0 Å². The predicted molar refractivity (Wildman–Crippen MR) is 159 cm³/mol. The van der Waals surface area contributed by atoms with E-state index in [1.54, 1.807) is 76.3 Å². The van der Waals surface area contributed by atoms with Gasteiger partial charge < -0.3 is 41.4 Å². The predicted octanol–water partition coefficient (Wildman–Crippen LogP) is -0.335. The molecule has 5 rings (SSSR count). The number of ether oxygens (including phenoxy) is 4. The van der Waals surface area contributed by atoms with Crippen LogP contribution in [0.5, 0.6) is 0 Å². The Kier molecular flexibility index (Phi) is 12.1. The van der Waals surface area contributed by atoms with E-state index in [1.807, 2.05) is 0 Å². The molecule has 238 valence electrons. The average Bonchev–Trinajstić information content (AvgIpc) is 3.80. The molecular weight excluding hydrogens is 659 g/mol. The molecule has 0 aromatic carbocycles. The summed E-state index contributed by atoms with van der Waals surface area (Å²) >= 11 is 0. The molecule has 8 bridgehead atoms. The van der Waals surface area contributed by atoms with E-state index in [1.165, 1.54) is 0 Å². The quantitative estimate of drug-likeness (QED) is 0.154. The van der Waals surface area contributed by atoms with E-state index < -0.39 is 23.9 Å². The van der Waals surface area contributed by atoms with Gasteiger partial charge in [0.1, 0.15) is 11.1 Å². The van der Waals surface area contributed by atoms with Crippen molar-refractivity contribution in [3.63, 3.8) is 0 Å². The van der Waals surface area contributed by atoms with Crippen LogP contribution in [0.2, 0.25) is 0 Å². The van der Waals surface area contributed by atoms with E-state index in [2.05, 4.69) is 20.0 Å². The van der Waals surface area contributed by atoms with Gasteiger partial charge in [0, 0.05) is 5.57 Å². The van der Waals surface area contributed by atoms with Gasteiger partial charge in [-0.15, -0.1) is 11.4 Å². The first-order valence-electron chi connectivity index (χ1n) is 14.0. The van der Waals surface area contributed by atoms with Crippen molar-refractivity contribution in [1.29, 1.82) is 0 Å². The van der Waals surface area contributed by atoms with E-state index in [0.29, 0.717) is 0 Å². The molecule has 0 atom stereocenters. The number of nitrogens with zero attached hydrogens (tertiary/aromatic N) is 4. The molecule has 0 saturated heterocycles. The zero-order valence-electron chi connectivity index (χ0n) is 25.3. The number of rotatable bonds is 8. The molecule has 0 radical (unpaired) electrons. The van der Waals surface area contributed by atoms with Gasteiger partial charge in [0.2, 0.25) is 0 Å². The molecule has 0 unspecified atom stereocenters. The van der Waals surface area contributed by atoms with Crippen LogP contribution in [0.4, 0.5) is 0 Å². The summed E-state index contributed by atoms with van der Waals surface area (Å²) in [6.45, 7) is 7.01. The van der Waals surface area contributed by atoms with Gasteiger partial charge in [-0.3, -0.25) is 0 Å². The van der Waals surface area contributed by atoms with Crippen molar-refractivity contribution in [1.82, 2.24) is 4.98 Å². The molecular formula is C32H28ClMnN4O8. The number of esters is 3. The van der Waals surface area contributed by atoms with Crippen molar-refractivity contribution in [3.8, 4) is 0 Å². The normalized spacial score (nSPS) is 17.2. The van der Waals surface area contributed by atoms with Gasteiger partial charge in [-0.25, -0.2) is 29.4 Å². The summed E-state index contributed by atoms with van der Waals surface area (Å²) in [5.74, 6) is -2.80. The van der Waals surface area contributed by atoms with Crippen LogP contribution in [0.3, 0.4) is 0 Å². The zero-order valence-corrected chi connectivity index (χ0v) is 27.2. The Bertz CT molecular complexity index is 1770. The summed E-state index contributed by atoms with van der Waals surface area (Å²) in [6, 6.07) is 3.10. The Balaban J connectivity index is 0.00000288. The van der Waals surface area contributed by atoms with Crippen molar-refractivity contribution >= 4 is 46.2 Å². The second-order valence-electron chi connectivity index (χ2n) is 9.24. The number of hydrogen-bond acceptors (Lipinski definition) is 11. The van der Waals surface area contributed by atoms with Gasteiger partial charge in [0.15, 0.2) is 0 Å². The van der Waals surface area contributed by atoms with Crippen molar-refractivity contribution in [2.24, 2.45) is 15.0 Å². The number of fused-ring (bicyclic) bond motifs is 5. The molecule has 0 aliphatic carbocycles. The molecule has 4 aliphatic rings. The zero-order chi connectivity index (χ0) is 31.4. The number of carbonyl (C=O) groups excluding carboxylic acids is 3. The first-order chi connectivity index (χ1) is 21.3. The van der Waals surface area contributed by atoms with Crippen molar-refractivity contribution < 1.29 is 67.9 Å². The van der Waals surface area contributed by atoms with Gasteiger partial charge in [0.25, 0.3) is 0 Å². The van der Waals surface area contributed by atoms with Gasteiger partial charge in [-0.1, -0.05) is 19.1 Å². The van der Waals surface area contributed by atoms with Crippen molar-refractivity contribution in [2.45, 2.75) is 27.7 Å². The molecule has 0 N–H and O–H groups in total. The monoisotopic (exact) mass is 686 g/mol. The van der Waals surface area contributed by atoms with Crippen LogP contribution < -0.4 is 22.5 Å². The molecule has 1 aromatic heterocycles. The first-order valence-corrected chi connectivity index (χ1v) is 14.0. The Morgan fingerprint density at radius 2 is 1.00 bits per heavy atom. The molecule has 0 saturated carbocycles. The minimum Gasteiger partial charge on any atom is -1.00 e. The van der Waals surface area contributed by atoms with E-state index in [4.69, 9.17) is 18.9 Å². The molecule has 12 nitrogen and oxygen atoms in total. The number of hydrogen-bond donors (Lipinski definition) is 0. The fraction of sp³-hybridized carbons (Fsp3) is 0.250. The van der Waals surface area contributed by atoms with Crippen molar-refractivity contribution in [2.75, 3.05) is 26.4 Å². The van der Waals surface area contributed by atoms with Crippen LogP contribution in [0, 0.1) is 0 Å². The topological polar surface area (TPSA) is 162 Å². The maximum absolute atomic E-state index is 13.2. The smallest absolute Gasteiger partial charge is 1.00 e. The third-order valence-electron chi connectivity index (χ3n) is 6.53. The SMILES string of the molecule is CCOC(=O)C1=C2C=CC(=N2)C(C(=O)OCC)=C2C=CC(=N2)/C(=C(/[O-])OCC)c2ccc([n-]2)C(C(=O)OCC)=C2C=CC1=N2.[Cl-].[Mn+3]. The molecule has 0 amide bonds. The van der Waals surface area contributed by atoms with Gasteiger partial charge in [-0.2, -0.15) is 0 Å². The van der Waals surface area contributed by atoms with Crippen LogP contribution >= 0.6 is 0 Å². The second kappa shape index (κ2) is 15.5. The number of carbonyl (C=O) groups is 3. The molecule has 1 aromatic rings. The summed E-state index contributed by atoms with van der Waals surface area (Å²) in [7, 11) is 0. The third kappa shape index (κ3) is 6.91. The number of halogens is 1. The van der Waals surface area contributed by atoms with Crippen LogP contribution in [-0.2, 0) is 50.4 Å². The van der Waals surface area contributed by atoms with Gasteiger partial charge in [-0.05, 0) is 63.8 Å². The summed E-state index contributed by atoms with van der Waals surface area (Å²) in [5, 5.41) is 13.2. The Hall–Kier alpha value is -4.71. The van der Waals surface area contributed by atoms with Crippen LogP contribution in [0.1, 0.15) is 39.1 Å². The summed E-state index contributed by atoms with van der Waals surface area (Å²) < 4.78 is 21.3. The van der Waals surface area contributed by atoms with E-state index in [0.717, 1.165) is 0 Å². The first kappa shape index (κ1) is 35.8. The van der Waals surface area contributed by atoms with E-state index >= 15 is 0 Å². The maximum Gasteiger partial charge on any atom is 3.00 e. The molecule has 14 heteroatoms. The third-order valence-corrected chi connectivity index (χ3v) is 6.53. The maximum atomic E-state index is 13.2. The molecule has 0 fully saturated rings. The van der Waals surface area contributed by atoms with E-state index in [9.17, 15) is 19.5 Å². The summed E-state index contributed by atoms with van der Waals surface area (Å²) in [4.78, 5) is 58.1. The number of allylic oxidation sites excluding steroid dienone is 7. The largest absolute Gasteiger partial charge is 3.00 e. The molecule has 0 spiro atoms. The number of aromatic nitrogens is 1. The molecule has 46 heavy (non-hydrogen) atoms. The summed E-state index contributed by atoms with van der Waals surface area (Å²) in [6.07, 6.45) is 9.30. The summed E-state index contributed by atoms with van der Waals surface area (Å²) in [5.41, 5.74) is 1.49. The van der Waals surface area contributed by atoms with Crippen LogP contribution in [0.25, 0.3) is 11.1 Å². The Labute approximate surface area is 281 Å². The minimum atomic E-state index is -0.700.